The zero-order valence-corrected chi connectivity index (χ0v) is 7.54. The number of amides is 1. The molecule has 0 aliphatic rings. The van der Waals surface area contributed by atoms with Crippen LogP contribution in [-0.2, 0) is 6.42 Å². The van der Waals surface area contributed by atoms with Crippen LogP contribution in [0.25, 0.3) is 0 Å². The summed E-state index contributed by atoms with van der Waals surface area (Å²) in [5, 5.41) is 0. The smallest absolute Gasteiger partial charge is 0.409 e. The quantitative estimate of drug-likeness (QED) is 0.829. The number of para-hydroxylation sites is 1. The molecule has 1 rings (SSSR count). The number of rotatable bonds is 2. The molecule has 0 aliphatic carbocycles. The number of carbonyl (C=O) groups is 1. The second kappa shape index (κ2) is 4.20. The van der Waals surface area contributed by atoms with E-state index in [0.29, 0.717) is 0 Å². The van der Waals surface area contributed by atoms with Crippen LogP contribution in [0.5, 0.6) is 5.75 Å². The first-order chi connectivity index (χ1) is 6.88. The molecule has 0 aliphatic heterocycles. The van der Waals surface area contributed by atoms with Crippen LogP contribution < -0.4 is 10.5 Å². The maximum absolute atomic E-state index is 12.1. The van der Waals surface area contributed by atoms with Crippen molar-refractivity contribution >= 4 is 6.09 Å². The minimum Gasteiger partial charge on any atom is -0.410 e. The Hall–Kier alpha value is -1.72. The van der Waals surface area contributed by atoms with Crippen LogP contribution in [-0.4, -0.2) is 12.3 Å². The largest absolute Gasteiger partial charge is 0.410 e. The number of hydrogen-bond acceptors (Lipinski definition) is 2. The van der Waals surface area contributed by atoms with E-state index in [2.05, 4.69) is 4.74 Å². The molecule has 3 nitrogen and oxygen atoms in total. The normalized spacial score (nSPS) is 11.1. The lowest BCUT2D eigenvalue weighted by Crippen LogP contribution is -2.19. The lowest BCUT2D eigenvalue weighted by atomic mass is 10.1. The first-order valence-corrected chi connectivity index (χ1v) is 4.00. The van der Waals surface area contributed by atoms with Crippen LogP contribution in [0.2, 0.25) is 0 Å². The second-order valence-electron chi connectivity index (χ2n) is 2.82. The molecule has 0 atom stereocenters. The minimum absolute atomic E-state index is 0.121. The maximum Gasteiger partial charge on any atom is 0.409 e. The topological polar surface area (TPSA) is 52.3 Å². The number of primary amides is 1. The zero-order valence-electron chi connectivity index (χ0n) is 7.54. The molecule has 1 aromatic rings. The Balaban J connectivity index is 2.91. The van der Waals surface area contributed by atoms with Gasteiger partial charge in [0.2, 0.25) is 0 Å². The van der Waals surface area contributed by atoms with Crippen LogP contribution >= 0.6 is 0 Å². The van der Waals surface area contributed by atoms with Crippen molar-refractivity contribution in [1.29, 1.82) is 0 Å². The van der Waals surface area contributed by atoms with Gasteiger partial charge in [-0.2, -0.15) is 13.2 Å². The van der Waals surface area contributed by atoms with E-state index in [9.17, 15) is 18.0 Å². The Labute approximate surface area is 83.6 Å². The summed E-state index contributed by atoms with van der Waals surface area (Å²) in [6.45, 7) is 0. The van der Waals surface area contributed by atoms with Crippen molar-refractivity contribution < 1.29 is 22.7 Å². The van der Waals surface area contributed by atoms with Gasteiger partial charge in [0, 0.05) is 5.56 Å². The molecule has 0 spiro atoms. The van der Waals surface area contributed by atoms with E-state index < -0.39 is 18.7 Å². The molecule has 0 radical (unpaired) electrons. The molecule has 0 fully saturated rings. The second-order valence-corrected chi connectivity index (χ2v) is 2.82. The number of hydrogen-bond donors (Lipinski definition) is 1. The minimum atomic E-state index is -4.35. The predicted molar refractivity (Wildman–Crippen MR) is 46.4 cm³/mol. The van der Waals surface area contributed by atoms with E-state index in [1.165, 1.54) is 24.3 Å². The third kappa shape index (κ3) is 3.88. The molecule has 82 valence electrons. The van der Waals surface area contributed by atoms with Crippen LogP contribution in [0, 0.1) is 0 Å². The number of nitrogens with two attached hydrogens (primary N) is 1. The van der Waals surface area contributed by atoms with E-state index in [1.54, 1.807) is 0 Å². The summed E-state index contributed by atoms with van der Waals surface area (Å²) in [5.41, 5.74) is 4.59. The van der Waals surface area contributed by atoms with Gasteiger partial charge in [-0.25, -0.2) is 4.79 Å². The van der Waals surface area contributed by atoms with Crippen molar-refractivity contribution in [2.45, 2.75) is 12.6 Å². The van der Waals surface area contributed by atoms with Gasteiger partial charge in [0.1, 0.15) is 5.75 Å². The van der Waals surface area contributed by atoms with Crippen LogP contribution in [0.1, 0.15) is 5.56 Å². The predicted octanol–water partition coefficient (Wildman–Crippen LogP) is 2.25. The number of carbonyl (C=O) groups excluding carboxylic acids is 1. The third-order valence-electron chi connectivity index (χ3n) is 1.57. The zero-order chi connectivity index (χ0) is 11.5. The van der Waals surface area contributed by atoms with E-state index in [4.69, 9.17) is 5.73 Å². The lowest BCUT2D eigenvalue weighted by Gasteiger charge is -2.10. The lowest BCUT2D eigenvalue weighted by molar-refractivity contribution is -0.127. The maximum atomic E-state index is 12.1. The molecule has 0 aromatic heterocycles. The first-order valence-electron chi connectivity index (χ1n) is 4.00. The highest BCUT2D eigenvalue weighted by Gasteiger charge is 2.29. The molecule has 0 heterocycles. The van der Waals surface area contributed by atoms with Crippen molar-refractivity contribution in [3.63, 3.8) is 0 Å². The van der Waals surface area contributed by atoms with Crippen molar-refractivity contribution in [2.24, 2.45) is 5.73 Å². The van der Waals surface area contributed by atoms with Gasteiger partial charge in [0.05, 0.1) is 6.42 Å². The van der Waals surface area contributed by atoms with Gasteiger partial charge in [-0.05, 0) is 6.07 Å². The molecule has 1 aromatic carbocycles. The monoisotopic (exact) mass is 219 g/mol. The Morgan fingerprint density at radius 2 is 1.93 bits per heavy atom. The molecule has 1 amide bonds. The Morgan fingerprint density at radius 3 is 2.47 bits per heavy atom. The van der Waals surface area contributed by atoms with E-state index in [-0.39, 0.29) is 11.3 Å². The van der Waals surface area contributed by atoms with Gasteiger partial charge < -0.3 is 10.5 Å². The highest BCUT2D eigenvalue weighted by Crippen LogP contribution is 2.27. The number of benzene rings is 1. The number of ether oxygens (including phenoxy) is 1. The third-order valence-corrected chi connectivity index (χ3v) is 1.57. The number of alkyl halides is 3. The Morgan fingerprint density at radius 1 is 1.33 bits per heavy atom. The van der Waals surface area contributed by atoms with Crippen LogP contribution in [0.15, 0.2) is 24.3 Å². The fourth-order valence-electron chi connectivity index (χ4n) is 1.07. The molecule has 0 saturated carbocycles. The fraction of sp³-hybridized carbons (Fsp3) is 0.222. The Kier molecular flexibility index (Phi) is 3.18. The van der Waals surface area contributed by atoms with Gasteiger partial charge in [-0.1, -0.05) is 18.2 Å². The van der Waals surface area contributed by atoms with E-state index >= 15 is 0 Å². The summed E-state index contributed by atoms with van der Waals surface area (Å²) >= 11 is 0. The molecule has 15 heavy (non-hydrogen) atoms. The molecule has 2 N–H and O–H groups in total. The fourth-order valence-corrected chi connectivity index (χ4v) is 1.07. The van der Waals surface area contributed by atoms with Gasteiger partial charge in [0.25, 0.3) is 0 Å². The highest BCUT2D eigenvalue weighted by molar-refractivity contribution is 5.68. The van der Waals surface area contributed by atoms with Crippen molar-refractivity contribution in [3.8, 4) is 5.75 Å². The first kappa shape index (κ1) is 11.4. The van der Waals surface area contributed by atoms with Crippen LogP contribution in [0.3, 0.4) is 0 Å². The Bertz CT molecular complexity index is 363. The summed E-state index contributed by atoms with van der Waals surface area (Å²) in [4.78, 5) is 10.4. The number of halogens is 3. The average Bonchev–Trinajstić information content (AvgIpc) is 2.05. The van der Waals surface area contributed by atoms with Gasteiger partial charge in [0.15, 0.2) is 0 Å². The SMILES string of the molecule is NC(=O)Oc1ccccc1CC(F)(F)F. The standard InChI is InChI=1S/C9H8F3NO2/c10-9(11,12)5-6-3-1-2-4-7(6)15-8(13)14/h1-4H,5H2,(H2,13,14). The van der Waals surface area contributed by atoms with Crippen molar-refractivity contribution in [1.82, 2.24) is 0 Å². The average molecular weight is 219 g/mol. The summed E-state index contributed by atoms with van der Waals surface area (Å²) in [6, 6.07) is 5.37. The van der Waals surface area contributed by atoms with E-state index in [1.807, 2.05) is 0 Å². The van der Waals surface area contributed by atoms with Gasteiger partial charge in [-0.15, -0.1) is 0 Å². The molecule has 0 unspecified atom stereocenters. The molecule has 6 heteroatoms. The van der Waals surface area contributed by atoms with Crippen LogP contribution in [0.4, 0.5) is 18.0 Å². The summed E-state index contributed by atoms with van der Waals surface area (Å²) < 4.78 is 40.7. The van der Waals surface area contributed by atoms with Crippen molar-refractivity contribution in [3.05, 3.63) is 29.8 Å². The van der Waals surface area contributed by atoms with Crippen molar-refractivity contribution in [2.75, 3.05) is 0 Å². The summed E-state index contributed by atoms with van der Waals surface area (Å²) in [5.74, 6) is -0.165. The summed E-state index contributed by atoms with van der Waals surface area (Å²) in [6.07, 6.45) is -6.64. The molecule has 0 bridgehead atoms. The molecular formula is C9H8F3NO2. The van der Waals surface area contributed by atoms with Gasteiger partial charge >= 0.3 is 12.3 Å². The molecular weight excluding hydrogens is 211 g/mol. The van der Waals surface area contributed by atoms with E-state index in [0.717, 1.165) is 0 Å². The molecule has 0 saturated heterocycles. The summed E-state index contributed by atoms with van der Waals surface area (Å²) in [7, 11) is 0. The highest BCUT2D eigenvalue weighted by atomic mass is 19.4. The van der Waals surface area contributed by atoms with Gasteiger partial charge in [-0.3, -0.25) is 0 Å².